The van der Waals surface area contributed by atoms with Crippen LogP contribution in [0.3, 0.4) is 0 Å². The summed E-state index contributed by atoms with van der Waals surface area (Å²) < 4.78 is 10.6. The second-order valence-corrected chi connectivity index (χ2v) is 6.65. The lowest BCUT2D eigenvalue weighted by molar-refractivity contribution is 0.268. The van der Waals surface area contributed by atoms with Crippen LogP contribution >= 0.6 is 0 Å². The molecule has 1 aromatic carbocycles. The van der Waals surface area contributed by atoms with E-state index in [0.717, 1.165) is 49.9 Å². The van der Waals surface area contributed by atoms with E-state index in [1.807, 2.05) is 12.1 Å². The molecule has 0 fully saturated rings. The average molecular weight is 365 g/mol. The van der Waals surface area contributed by atoms with E-state index < -0.39 is 0 Å². The lowest BCUT2D eigenvalue weighted by atomic mass is 10.1. The fraction of sp³-hybridized carbons (Fsp3) is 0.650. The highest BCUT2D eigenvalue weighted by atomic mass is 16.5. The van der Waals surface area contributed by atoms with Crippen molar-refractivity contribution in [2.45, 2.75) is 39.2 Å². The smallest absolute Gasteiger partial charge is 0.190 e. The predicted octanol–water partition coefficient (Wildman–Crippen LogP) is 2.53. The number of methoxy groups -OCH3 is 2. The molecule has 2 N–H and O–H groups in total. The molecule has 26 heavy (non-hydrogen) atoms. The summed E-state index contributed by atoms with van der Waals surface area (Å²) in [5, 5.41) is 6.73. The molecule has 1 aromatic rings. The molecule has 6 nitrogen and oxygen atoms in total. The lowest BCUT2D eigenvalue weighted by Gasteiger charge is -2.20. The van der Waals surface area contributed by atoms with Crippen molar-refractivity contribution in [2.75, 3.05) is 47.9 Å². The van der Waals surface area contributed by atoms with Gasteiger partial charge in [0.25, 0.3) is 0 Å². The standard InChI is InChI=1S/C20H36N4O2/c1-16(2)24(4)14-8-7-12-22-20(21-3)23-13-11-17-9-10-18(25-5)19(15-17)26-6/h9-10,15-16H,7-8,11-14H2,1-6H3,(H2,21,22,23). The molecule has 0 atom stereocenters. The van der Waals surface area contributed by atoms with Gasteiger partial charge in [-0.25, -0.2) is 0 Å². The Bertz CT molecular complexity index is 547. The minimum atomic E-state index is 0.606. The van der Waals surface area contributed by atoms with E-state index in [4.69, 9.17) is 9.47 Å². The number of nitrogens with one attached hydrogen (secondary N) is 2. The Morgan fingerprint density at radius 1 is 1.08 bits per heavy atom. The SMILES string of the molecule is CN=C(NCCCCN(C)C(C)C)NCCc1ccc(OC)c(OC)c1. The summed E-state index contributed by atoms with van der Waals surface area (Å²) in [6, 6.07) is 6.62. The summed E-state index contributed by atoms with van der Waals surface area (Å²) >= 11 is 0. The molecule has 0 aliphatic heterocycles. The molecule has 0 unspecified atom stereocenters. The van der Waals surface area contributed by atoms with Gasteiger partial charge in [0, 0.05) is 26.2 Å². The molecular weight excluding hydrogens is 328 g/mol. The van der Waals surface area contributed by atoms with Crippen LogP contribution in [0, 0.1) is 0 Å². The third-order valence-electron chi connectivity index (χ3n) is 4.49. The topological polar surface area (TPSA) is 58.1 Å². The first kappa shape index (κ1) is 22.1. The van der Waals surface area contributed by atoms with E-state index in [1.165, 1.54) is 12.0 Å². The van der Waals surface area contributed by atoms with Crippen LogP contribution in [0.4, 0.5) is 0 Å². The largest absolute Gasteiger partial charge is 0.493 e. The van der Waals surface area contributed by atoms with Crippen LogP contribution in [0.5, 0.6) is 11.5 Å². The molecular formula is C20H36N4O2. The van der Waals surface area contributed by atoms with Crippen molar-refractivity contribution in [3.05, 3.63) is 23.8 Å². The molecule has 148 valence electrons. The van der Waals surface area contributed by atoms with Crippen LogP contribution in [0.2, 0.25) is 0 Å². The van der Waals surface area contributed by atoms with Crippen molar-refractivity contribution >= 4 is 5.96 Å². The van der Waals surface area contributed by atoms with Gasteiger partial charge in [0.15, 0.2) is 17.5 Å². The summed E-state index contributed by atoms with van der Waals surface area (Å²) in [6.07, 6.45) is 3.21. The van der Waals surface area contributed by atoms with Gasteiger partial charge in [0.05, 0.1) is 14.2 Å². The van der Waals surface area contributed by atoms with E-state index in [2.05, 4.69) is 47.5 Å². The van der Waals surface area contributed by atoms with E-state index in [0.29, 0.717) is 6.04 Å². The summed E-state index contributed by atoms with van der Waals surface area (Å²) in [6.45, 7) is 7.32. The first-order valence-corrected chi connectivity index (χ1v) is 9.37. The van der Waals surface area contributed by atoms with Gasteiger partial charge in [0.2, 0.25) is 0 Å². The number of ether oxygens (including phenoxy) is 2. The molecule has 0 saturated heterocycles. The van der Waals surface area contributed by atoms with Gasteiger partial charge in [0.1, 0.15) is 0 Å². The minimum Gasteiger partial charge on any atom is -0.493 e. The Hall–Kier alpha value is -1.95. The van der Waals surface area contributed by atoms with Gasteiger partial charge in [-0.3, -0.25) is 4.99 Å². The summed E-state index contributed by atoms with van der Waals surface area (Å²) in [4.78, 5) is 6.65. The van der Waals surface area contributed by atoms with Gasteiger partial charge in [-0.1, -0.05) is 6.07 Å². The van der Waals surface area contributed by atoms with Crippen molar-refractivity contribution in [3.8, 4) is 11.5 Å². The van der Waals surface area contributed by atoms with Crippen molar-refractivity contribution < 1.29 is 9.47 Å². The first-order valence-electron chi connectivity index (χ1n) is 9.37. The number of guanidine groups is 1. The summed E-state index contributed by atoms with van der Waals surface area (Å²) in [7, 11) is 7.28. The maximum atomic E-state index is 5.35. The van der Waals surface area contributed by atoms with Crippen LogP contribution in [-0.2, 0) is 6.42 Å². The van der Waals surface area contributed by atoms with Crippen LogP contribution in [-0.4, -0.2) is 64.9 Å². The zero-order chi connectivity index (χ0) is 19.4. The molecule has 1 rings (SSSR count). The van der Waals surface area contributed by atoms with E-state index in [-0.39, 0.29) is 0 Å². The van der Waals surface area contributed by atoms with Gasteiger partial charge in [-0.05, 0) is 64.4 Å². The van der Waals surface area contributed by atoms with E-state index in [1.54, 1.807) is 21.3 Å². The maximum absolute atomic E-state index is 5.35. The minimum absolute atomic E-state index is 0.606. The van der Waals surface area contributed by atoms with Gasteiger partial charge in [-0.15, -0.1) is 0 Å². The Morgan fingerprint density at radius 3 is 2.38 bits per heavy atom. The first-order chi connectivity index (χ1) is 12.5. The van der Waals surface area contributed by atoms with Crippen LogP contribution in [0.25, 0.3) is 0 Å². The van der Waals surface area contributed by atoms with Crippen LogP contribution < -0.4 is 20.1 Å². The average Bonchev–Trinajstić information content (AvgIpc) is 2.65. The summed E-state index contributed by atoms with van der Waals surface area (Å²) in [5.74, 6) is 2.37. The Kier molecular flexibility index (Phi) is 10.5. The molecule has 0 spiro atoms. The monoisotopic (exact) mass is 364 g/mol. The number of hydrogen-bond acceptors (Lipinski definition) is 4. The normalized spacial score (nSPS) is 11.8. The molecule has 0 aliphatic rings. The third kappa shape index (κ3) is 7.95. The van der Waals surface area contributed by atoms with Gasteiger partial charge < -0.3 is 25.0 Å². The number of unbranched alkanes of at least 4 members (excludes halogenated alkanes) is 1. The zero-order valence-electron chi connectivity index (χ0n) is 17.3. The third-order valence-corrected chi connectivity index (χ3v) is 4.49. The summed E-state index contributed by atoms with van der Waals surface area (Å²) in [5.41, 5.74) is 1.20. The van der Waals surface area contributed by atoms with E-state index in [9.17, 15) is 0 Å². The highest BCUT2D eigenvalue weighted by Crippen LogP contribution is 2.27. The predicted molar refractivity (Wildman–Crippen MR) is 110 cm³/mol. The Labute approximate surface area is 159 Å². The lowest BCUT2D eigenvalue weighted by Crippen LogP contribution is -2.39. The Balaban J connectivity index is 2.28. The fourth-order valence-electron chi connectivity index (χ4n) is 2.53. The van der Waals surface area contributed by atoms with Gasteiger partial charge >= 0.3 is 0 Å². The number of benzene rings is 1. The fourth-order valence-corrected chi connectivity index (χ4v) is 2.53. The highest BCUT2D eigenvalue weighted by Gasteiger charge is 2.05. The van der Waals surface area contributed by atoms with Gasteiger partial charge in [-0.2, -0.15) is 0 Å². The molecule has 0 radical (unpaired) electrons. The maximum Gasteiger partial charge on any atom is 0.190 e. The van der Waals surface area contributed by atoms with Crippen molar-refractivity contribution in [1.29, 1.82) is 0 Å². The van der Waals surface area contributed by atoms with Crippen LogP contribution in [0.15, 0.2) is 23.2 Å². The van der Waals surface area contributed by atoms with Crippen LogP contribution in [0.1, 0.15) is 32.3 Å². The molecule has 0 saturated carbocycles. The molecule has 0 bridgehead atoms. The molecule has 6 heteroatoms. The molecule has 0 heterocycles. The number of hydrogen-bond donors (Lipinski definition) is 2. The van der Waals surface area contributed by atoms with E-state index >= 15 is 0 Å². The molecule has 0 amide bonds. The van der Waals surface area contributed by atoms with Crippen molar-refractivity contribution in [2.24, 2.45) is 4.99 Å². The molecule has 0 aromatic heterocycles. The number of rotatable bonds is 11. The quantitative estimate of drug-likeness (QED) is 0.359. The Morgan fingerprint density at radius 2 is 1.77 bits per heavy atom. The number of aliphatic imine (C=N–C) groups is 1. The second kappa shape index (κ2) is 12.4. The van der Waals surface area contributed by atoms with Crippen molar-refractivity contribution in [1.82, 2.24) is 15.5 Å². The zero-order valence-corrected chi connectivity index (χ0v) is 17.3. The van der Waals surface area contributed by atoms with Crippen molar-refractivity contribution in [3.63, 3.8) is 0 Å². The molecule has 0 aliphatic carbocycles. The second-order valence-electron chi connectivity index (χ2n) is 6.65. The number of nitrogens with zero attached hydrogens (tertiary/aromatic N) is 2. The highest BCUT2D eigenvalue weighted by molar-refractivity contribution is 5.79.